The normalized spacial score (nSPS) is 11.0. The van der Waals surface area contributed by atoms with Gasteiger partial charge in [0, 0.05) is 23.0 Å². The second kappa shape index (κ2) is 7.71. The smallest absolute Gasteiger partial charge is 0.324 e. The molecule has 2 aromatic heterocycles. The van der Waals surface area contributed by atoms with Crippen molar-refractivity contribution in [2.45, 2.75) is 26.8 Å². The van der Waals surface area contributed by atoms with Crippen LogP contribution in [-0.4, -0.2) is 25.1 Å². The molecule has 0 bridgehead atoms. The number of amides is 1. The minimum atomic E-state index is -0.399. The average molecular weight is 387 g/mol. The first-order valence-electron chi connectivity index (χ1n) is 9.46. The Morgan fingerprint density at radius 1 is 1.07 bits per heavy atom. The molecule has 0 aliphatic carbocycles. The lowest BCUT2D eigenvalue weighted by Crippen LogP contribution is -2.28. The molecule has 0 unspecified atom stereocenters. The summed E-state index contributed by atoms with van der Waals surface area (Å²) in [5.41, 5.74) is 3.44. The molecule has 0 saturated heterocycles. The number of benzene rings is 2. The van der Waals surface area contributed by atoms with Gasteiger partial charge in [-0.2, -0.15) is 0 Å². The lowest BCUT2D eigenvalue weighted by atomic mass is 10.1. The summed E-state index contributed by atoms with van der Waals surface area (Å²) in [7, 11) is 0. The number of rotatable bonds is 5. The number of hydrogen-bond acceptors (Lipinski definition) is 4. The second-order valence-electron chi connectivity index (χ2n) is 6.82. The predicted octanol–water partition coefficient (Wildman–Crippen LogP) is 3.07. The molecule has 29 heavy (non-hydrogen) atoms. The zero-order valence-electron chi connectivity index (χ0n) is 16.3. The third kappa shape index (κ3) is 3.80. The van der Waals surface area contributed by atoms with Crippen LogP contribution in [0.4, 0.5) is 5.69 Å². The van der Waals surface area contributed by atoms with Crippen molar-refractivity contribution < 1.29 is 4.79 Å². The van der Waals surface area contributed by atoms with Crippen molar-refractivity contribution in [2.75, 3.05) is 5.32 Å². The lowest BCUT2D eigenvalue weighted by Gasteiger charge is -2.06. The average Bonchev–Trinajstić information content (AvgIpc) is 3.03. The Bertz CT molecular complexity index is 1240. The van der Waals surface area contributed by atoms with Crippen LogP contribution in [0.2, 0.25) is 0 Å². The van der Waals surface area contributed by atoms with E-state index in [1.165, 1.54) is 9.08 Å². The molecule has 0 spiro atoms. The van der Waals surface area contributed by atoms with Gasteiger partial charge in [0.2, 0.25) is 5.91 Å². The summed E-state index contributed by atoms with van der Waals surface area (Å²) in [6, 6.07) is 18.8. The SMILES string of the molecule is CCc1cccc(NC(=O)Cn2nc3cc(C)nc(-c4ccccc4)n3c2=O)c1. The van der Waals surface area contributed by atoms with Crippen LogP contribution in [0.25, 0.3) is 17.0 Å². The lowest BCUT2D eigenvalue weighted by molar-refractivity contribution is -0.117. The molecule has 0 fully saturated rings. The zero-order valence-corrected chi connectivity index (χ0v) is 16.3. The zero-order chi connectivity index (χ0) is 20.4. The minimum absolute atomic E-state index is 0.176. The van der Waals surface area contributed by atoms with E-state index in [4.69, 9.17) is 0 Å². The predicted molar refractivity (Wildman–Crippen MR) is 112 cm³/mol. The number of nitrogens with one attached hydrogen (secondary N) is 1. The van der Waals surface area contributed by atoms with Crippen LogP contribution < -0.4 is 11.0 Å². The van der Waals surface area contributed by atoms with Gasteiger partial charge < -0.3 is 5.32 Å². The van der Waals surface area contributed by atoms with Crippen LogP contribution in [0.15, 0.2) is 65.5 Å². The number of nitrogens with zero attached hydrogens (tertiary/aromatic N) is 4. The highest BCUT2D eigenvalue weighted by Crippen LogP contribution is 2.17. The fourth-order valence-corrected chi connectivity index (χ4v) is 3.24. The molecule has 4 rings (SSSR count). The monoisotopic (exact) mass is 387 g/mol. The molecule has 2 aromatic carbocycles. The van der Waals surface area contributed by atoms with Crippen molar-refractivity contribution in [2.24, 2.45) is 0 Å². The van der Waals surface area contributed by atoms with E-state index < -0.39 is 5.69 Å². The third-order valence-electron chi connectivity index (χ3n) is 4.64. The first kappa shape index (κ1) is 18.6. The highest BCUT2D eigenvalue weighted by atomic mass is 16.2. The van der Waals surface area contributed by atoms with Gasteiger partial charge in [-0.3, -0.25) is 4.79 Å². The highest BCUT2D eigenvalue weighted by Gasteiger charge is 2.16. The second-order valence-corrected chi connectivity index (χ2v) is 6.82. The third-order valence-corrected chi connectivity index (χ3v) is 4.64. The Morgan fingerprint density at radius 2 is 1.86 bits per heavy atom. The summed E-state index contributed by atoms with van der Waals surface area (Å²) < 4.78 is 2.61. The van der Waals surface area contributed by atoms with Crippen molar-refractivity contribution in [3.8, 4) is 11.4 Å². The van der Waals surface area contributed by atoms with Crippen LogP contribution in [0.1, 0.15) is 18.2 Å². The number of aryl methyl sites for hydroxylation is 2. The number of fused-ring (bicyclic) bond motifs is 1. The van der Waals surface area contributed by atoms with Crippen molar-refractivity contribution in [1.82, 2.24) is 19.2 Å². The summed E-state index contributed by atoms with van der Waals surface area (Å²) in [6.45, 7) is 3.73. The molecule has 7 nitrogen and oxygen atoms in total. The summed E-state index contributed by atoms with van der Waals surface area (Å²) >= 11 is 0. The summed E-state index contributed by atoms with van der Waals surface area (Å²) in [5.74, 6) is 0.197. The van der Waals surface area contributed by atoms with Gasteiger partial charge >= 0.3 is 5.69 Å². The summed E-state index contributed by atoms with van der Waals surface area (Å²) in [6.07, 6.45) is 0.879. The van der Waals surface area contributed by atoms with Gasteiger partial charge in [-0.05, 0) is 31.0 Å². The van der Waals surface area contributed by atoms with Gasteiger partial charge in [0.25, 0.3) is 0 Å². The molecule has 0 aliphatic rings. The molecule has 0 atom stereocenters. The van der Waals surface area contributed by atoms with E-state index in [9.17, 15) is 9.59 Å². The molecule has 0 saturated carbocycles. The maximum atomic E-state index is 13.0. The Kier molecular flexibility index (Phi) is 4.95. The van der Waals surface area contributed by atoms with E-state index in [1.807, 2.05) is 61.5 Å². The van der Waals surface area contributed by atoms with Crippen LogP contribution >= 0.6 is 0 Å². The van der Waals surface area contributed by atoms with Crippen LogP contribution in [0.3, 0.4) is 0 Å². The molecular weight excluding hydrogens is 366 g/mol. The number of aromatic nitrogens is 4. The molecule has 1 N–H and O–H groups in total. The van der Waals surface area contributed by atoms with Crippen molar-refractivity contribution in [3.05, 3.63) is 82.4 Å². The Hall–Kier alpha value is -3.74. The molecule has 0 aliphatic heterocycles. The maximum absolute atomic E-state index is 13.0. The summed E-state index contributed by atoms with van der Waals surface area (Å²) in [5, 5.41) is 7.17. The van der Waals surface area contributed by atoms with Crippen molar-refractivity contribution in [1.29, 1.82) is 0 Å². The van der Waals surface area contributed by atoms with E-state index in [0.717, 1.165) is 23.2 Å². The molecule has 2 heterocycles. The van der Waals surface area contributed by atoms with Crippen LogP contribution in [0.5, 0.6) is 0 Å². The Morgan fingerprint density at radius 3 is 2.62 bits per heavy atom. The fraction of sp³-hybridized carbons (Fsp3) is 0.182. The van der Waals surface area contributed by atoms with Crippen LogP contribution in [0, 0.1) is 6.92 Å². The fourth-order valence-electron chi connectivity index (χ4n) is 3.24. The van der Waals surface area contributed by atoms with E-state index in [-0.39, 0.29) is 12.5 Å². The molecule has 7 heteroatoms. The van der Waals surface area contributed by atoms with Crippen molar-refractivity contribution >= 4 is 17.2 Å². The quantitative estimate of drug-likeness (QED) is 0.571. The standard InChI is InChI=1S/C22H21N5O2/c1-3-16-8-7-11-18(13-16)24-20(28)14-26-22(29)27-19(25-26)12-15(2)23-21(27)17-9-5-4-6-10-17/h4-13H,3,14H2,1-2H3,(H,24,28). The number of carbonyl (C=O) groups is 1. The minimum Gasteiger partial charge on any atom is -0.324 e. The van der Waals surface area contributed by atoms with Gasteiger partial charge in [-0.25, -0.2) is 18.9 Å². The van der Waals surface area contributed by atoms with E-state index in [2.05, 4.69) is 22.3 Å². The molecule has 0 radical (unpaired) electrons. The first-order chi connectivity index (χ1) is 14.0. The van der Waals surface area contributed by atoms with E-state index in [0.29, 0.717) is 17.2 Å². The van der Waals surface area contributed by atoms with E-state index >= 15 is 0 Å². The number of carbonyl (C=O) groups excluding carboxylic acids is 1. The van der Waals surface area contributed by atoms with Gasteiger partial charge in [-0.1, -0.05) is 49.4 Å². The molecule has 146 valence electrons. The first-order valence-corrected chi connectivity index (χ1v) is 9.46. The number of anilines is 1. The van der Waals surface area contributed by atoms with Crippen molar-refractivity contribution in [3.63, 3.8) is 0 Å². The van der Waals surface area contributed by atoms with Gasteiger partial charge in [0.15, 0.2) is 5.65 Å². The van der Waals surface area contributed by atoms with Gasteiger partial charge in [0.05, 0.1) is 0 Å². The Balaban J connectivity index is 1.67. The molecule has 1 amide bonds. The Labute approximate surface area is 167 Å². The van der Waals surface area contributed by atoms with Crippen LogP contribution in [-0.2, 0) is 17.8 Å². The van der Waals surface area contributed by atoms with E-state index in [1.54, 1.807) is 6.07 Å². The van der Waals surface area contributed by atoms with Gasteiger partial charge in [-0.15, -0.1) is 5.10 Å². The molecular formula is C22H21N5O2. The highest BCUT2D eigenvalue weighted by molar-refractivity contribution is 5.90. The topological polar surface area (TPSA) is 81.3 Å². The van der Waals surface area contributed by atoms with Gasteiger partial charge in [0.1, 0.15) is 12.4 Å². The largest absolute Gasteiger partial charge is 0.352 e. The number of hydrogen-bond donors (Lipinski definition) is 1. The summed E-state index contributed by atoms with van der Waals surface area (Å²) in [4.78, 5) is 30.0. The molecule has 4 aromatic rings. The maximum Gasteiger partial charge on any atom is 0.352 e.